The summed E-state index contributed by atoms with van der Waals surface area (Å²) in [5, 5.41) is 3.60. The zero-order valence-corrected chi connectivity index (χ0v) is 13.0. The van der Waals surface area contributed by atoms with Crippen molar-refractivity contribution in [1.29, 1.82) is 0 Å². The van der Waals surface area contributed by atoms with Crippen molar-refractivity contribution in [3.05, 3.63) is 34.1 Å². The van der Waals surface area contributed by atoms with Crippen LogP contribution in [0.15, 0.2) is 22.7 Å². The molecule has 0 unspecified atom stereocenters. The number of rotatable bonds is 5. The maximum atomic E-state index is 13.1. The molecule has 1 saturated carbocycles. The fraction of sp³-hybridized carbons (Fsp3) is 0.500. The van der Waals surface area contributed by atoms with Gasteiger partial charge in [-0.2, -0.15) is 11.8 Å². The van der Waals surface area contributed by atoms with Crippen LogP contribution < -0.4 is 5.32 Å². The van der Waals surface area contributed by atoms with E-state index in [0.717, 1.165) is 11.0 Å². The molecule has 0 aromatic heterocycles. The summed E-state index contributed by atoms with van der Waals surface area (Å²) in [5.41, 5.74) is 0.353. The van der Waals surface area contributed by atoms with Crippen LogP contribution >= 0.6 is 27.7 Å². The predicted octanol–water partition coefficient (Wildman–Crippen LogP) is 3.99. The third kappa shape index (κ3) is 4.49. The van der Waals surface area contributed by atoms with Crippen molar-refractivity contribution in [2.75, 3.05) is 12.3 Å². The number of hydrogen-bond acceptors (Lipinski definition) is 2. The Morgan fingerprint density at radius 3 is 2.89 bits per heavy atom. The lowest BCUT2D eigenvalue weighted by Crippen LogP contribution is -2.26. The van der Waals surface area contributed by atoms with E-state index in [1.54, 1.807) is 6.07 Å². The second-order valence-corrected chi connectivity index (χ2v) is 6.92. The first kappa shape index (κ1) is 14.9. The number of carbonyl (C=O) groups excluding carboxylic acids is 1. The molecule has 2 nitrogen and oxygen atoms in total. The predicted molar refractivity (Wildman–Crippen MR) is 81.1 cm³/mol. The second kappa shape index (κ2) is 7.29. The van der Waals surface area contributed by atoms with Gasteiger partial charge in [0.15, 0.2) is 0 Å². The Hall–Kier alpha value is -0.550. The summed E-state index contributed by atoms with van der Waals surface area (Å²) in [6.07, 6.45) is 5.27. The van der Waals surface area contributed by atoms with Crippen molar-refractivity contribution in [2.45, 2.75) is 30.9 Å². The van der Waals surface area contributed by atoms with E-state index in [2.05, 4.69) is 21.2 Å². The summed E-state index contributed by atoms with van der Waals surface area (Å²) in [6, 6.07) is 4.14. The van der Waals surface area contributed by atoms with Crippen LogP contribution in [0.25, 0.3) is 0 Å². The fourth-order valence-corrected chi connectivity index (χ4v) is 3.86. The van der Waals surface area contributed by atoms with Crippen LogP contribution in [0, 0.1) is 5.82 Å². The molecule has 0 heterocycles. The van der Waals surface area contributed by atoms with Crippen molar-refractivity contribution >= 4 is 33.6 Å². The molecule has 0 spiro atoms. The molecule has 1 amide bonds. The Morgan fingerprint density at radius 1 is 1.42 bits per heavy atom. The maximum absolute atomic E-state index is 13.1. The zero-order chi connectivity index (χ0) is 13.7. The van der Waals surface area contributed by atoms with Crippen molar-refractivity contribution in [2.24, 2.45) is 0 Å². The molecule has 0 bridgehead atoms. The average Bonchev–Trinajstić information content (AvgIpc) is 2.90. The lowest BCUT2D eigenvalue weighted by atomic mass is 10.2. The van der Waals surface area contributed by atoms with Crippen LogP contribution in [0.1, 0.15) is 36.0 Å². The molecule has 1 fully saturated rings. The van der Waals surface area contributed by atoms with Gasteiger partial charge in [-0.05, 0) is 47.0 Å². The van der Waals surface area contributed by atoms with Gasteiger partial charge in [0, 0.05) is 22.0 Å². The molecular weight excluding hydrogens is 329 g/mol. The SMILES string of the molecule is O=C(NCCSC1CCCC1)c1cc(F)ccc1Br. The molecule has 104 valence electrons. The molecular formula is C14H17BrFNOS. The third-order valence-electron chi connectivity index (χ3n) is 3.22. The van der Waals surface area contributed by atoms with E-state index in [-0.39, 0.29) is 5.91 Å². The highest BCUT2D eigenvalue weighted by Crippen LogP contribution is 2.28. The summed E-state index contributed by atoms with van der Waals surface area (Å²) in [4.78, 5) is 11.9. The number of hydrogen-bond donors (Lipinski definition) is 1. The Balaban J connectivity index is 1.75. The van der Waals surface area contributed by atoms with Gasteiger partial charge in [-0.3, -0.25) is 4.79 Å². The normalized spacial score (nSPS) is 15.7. The van der Waals surface area contributed by atoms with Gasteiger partial charge in [0.1, 0.15) is 5.82 Å². The first-order valence-corrected chi connectivity index (χ1v) is 8.36. The van der Waals surface area contributed by atoms with E-state index in [9.17, 15) is 9.18 Å². The topological polar surface area (TPSA) is 29.1 Å². The molecule has 1 aromatic carbocycles. The number of benzene rings is 1. The fourth-order valence-electron chi connectivity index (χ4n) is 2.21. The standard InChI is InChI=1S/C14H17BrFNOS/c15-13-6-5-10(16)9-12(13)14(18)17-7-8-19-11-3-1-2-4-11/h5-6,9,11H,1-4,7-8H2,(H,17,18). The molecule has 1 aliphatic rings. The summed E-state index contributed by atoms with van der Waals surface area (Å²) in [5.74, 6) is 0.302. The summed E-state index contributed by atoms with van der Waals surface area (Å²) < 4.78 is 13.7. The molecule has 5 heteroatoms. The highest BCUT2D eigenvalue weighted by atomic mass is 79.9. The van der Waals surface area contributed by atoms with Gasteiger partial charge >= 0.3 is 0 Å². The van der Waals surface area contributed by atoms with Gasteiger partial charge in [-0.1, -0.05) is 12.8 Å². The Bertz CT molecular complexity index is 449. The van der Waals surface area contributed by atoms with Crippen LogP contribution in [-0.4, -0.2) is 23.5 Å². The first-order valence-electron chi connectivity index (χ1n) is 6.51. The number of amides is 1. The number of nitrogens with one attached hydrogen (secondary N) is 1. The van der Waals surface area contributed by atoms with Crippen LogP contribution in [0.4, 0.5) is 4.39 Å². The third-order valence-corrected chi connectivity index (χ3v) is 5.29. The second-order valence-electron chi connectivity index (χ2n) is 4.66. The van der Waals surface area contributed by atoms with Gasteiger partial charge in [0.2, 0.25) is 0 Å². The molecule has 1 aliphatic carbocycles. The van der Waals surface area contributed by atoms with E-state index >= 15 is 0 Å². The van der Waals surface area contributed by atoms with Crippen molar-refractivity contribution in [3.63, 3.8) is 0 Å². The Labute approximate surface area is 125 Å². The molecule has 1 N–H and O–H groups in total. The van der Waals surface area contributed by atoms with E-state index in [0.29, 0.717) is 16.6 Å². The summed E-state index contributed by atoms with van der Waals surface area (Å²) in [6.45, 7) is 0.628. The van der Waals surface area contributed by atoms with Crippen LogP contribution in [0.3, 0.4) is 0 Å². The minimum Gasteiger partial charge on any atom is -0.351 e. The lowest BCUT2D eigenvalue weighted by molar-refractivity contribution is 0.0955. The highest BCUT2D eigenvalue weighted by molar-refractivity contribution is 9.10. The molecule has 0 saturated heterocycles. The monoisotopic (exact) mass is 345 g/mol. The van der Waals surface area contributed by atoms with Gasteiger partial charge < -0.3 is 5.32 Å². The molecule has 0 atom stereocenters. The molecule has 0 radical (unpaired) electrons. The van der Waals surface area contributed by atoms with E-state index in [4.69, 9.17) is 0 Å². The van der Waals surface area contributed by atoms with Crippen LogP contribution in [0.5, 0.6) is 0 Å². The van der Waals surface area contributed by atoms with E-state index in [1.807, 2.05) is 11.8 Å². The number of carbonyl (C=O) groups is 1. The Morgan fingerprint density at radius 2 is 2.16 bits per heavy atom. The quantitative estimate of drug-likeness (QED) is 0.817. The molecule has 1 aromatic rings. The van der Waals surface area contributed by atoms with E-state index in [1.165, 1.54) is 37.8 Å². The smallest absolute Gasteiger partial charge is 0.252 e. The van der Waals surface area contributed by atoms with Gasteiger partial charge in [0.05, 0.1) is 5.56 Å². The average molecular weight is 346 g/mol. The Kier molecular flexibility index (Phi) is 5.70. The minimum atomic E-state index is -0.395. The van der Waals surface area contributed by atoms with Gasteiger partial charge in [-0.25, -0.2) is 4.39 Å². The number of halogens is 2. The van der Waals surface area contributed by atoms with E-state index < -0.39 is 5.82 Å². The zero-order valence-electron chi connectivity index (χ0n) is 10.6. The highest BCUT2D eigenvalue weighted by Gasteiger charge is 2.15. The van der Waals surface area contributed by atoms with Crippen molar-refractivity contribution < 1.29 is 9.18 Å². The van der Waals surface area contributed by atoms with Crippen molar-refractivity contribution in [3.8, 4) is 0 Å². The summed E-state index contributed by atoms with van der Waals surface area (Å²) >= 11 is 5.19. The first-order chi connectivity index (χ1) is 9.16. The maximum Gasteiger partial charge on any atom is 0.252 e. The van der Waals surface area contributed by atoms with Gasteiger partial charge in [0.25, 0.3) is 5.91 Å². The van der Waals surface area contributed by atoms with Crippen molar-refractivity contribution in [1.82, 2.24) is 5.32 Å². The largest absolute Gasteiger partial charge is 0.351 e. The lowest BCUT2D eigenvalue weighted by Gasteiger charge is -2.10. The number of thioether (sulfide) groups is 1. The molecule has 19 heavy (non-hydrogen) atoms. The molecule has 0 aliphatic heterocycles. The van der Waals surface area contributed by atoms with Crippen LogP contribution in [0.2, 0.25) is 0 Å². The minimum absolute atomic E-state index is 0.224. The molecule has 2 rings (SSSR count). The van der Waals surface area contributed by atoms with Crippen LogP contribution in [-0.2, 0) is 0 Å². The van der Waals surface area contributed by atoms with Gasteiger partial charge in [-0.15, -0.1) is 0 Å². The summed E-state index contributed by atoms with van der Waals surface area (Å²) in [7, 11) is 0.